The molecule has 0 radical (unpaired) electrons. The zero-order chi connectivity index (χ0) is 12.7. The van der Waals surface area contributed by atoms with Gasteiger partial charge in [-0.15, -0.1) is 0 Å². The van der Waals surface area contributed by atoms with Crippen molar-refractivity contribution < 1.29 is 9.53 Å². The summed E-state index contributed by atoms with van der Waals surface area (Å²) in [5, 5.41) is 11.9. The van der Waals surface area contributed by atoms with Crippen molar-refractivity contribution in [2.24, 2.45) is 0 Å². The number of rotatable bonds is 5. The molecule has 0 atom stereocenters. The first-order valence-electron chi connectivity index (χ1n) is 5.57. The molecule has 0 fully saturated rings. The van der Waals surface area contributed by atoms with E-state index in [0.29, 0.717) is 25.1 Å². The Morgan fingerprint density at radius 2 is 2.29 bits per heavy atom. The number of hydrogen-bond acceptors (Lipinski definition) is 4. The Kier molecular flexibility index (Phi) is 5.02. The van der Waals surface area contributed by atoms with E-state index in [2.05, 4.69) is 11.4 Å². The molecule has 1 aromatic carbocycles. The van der Waals surface area contributed by atoms with Crippen LogP contribution in [0.2, 0.25) is 0 Å². The van der Waals surface area contributed by atoms with E-state index in [1.54, 1.807) is 13.0 Å². The van der Waals surface area contributed by atoms with Crippen molar-refractivity contribution in [1.29, 1.82) is 5.26 Å². The first kappa shape index (κ1) is 13.0. The highest BCUT2D eigenvalue weighted by molar-refractivity contribution is 5.70. The van der Waals surface area contributed by atoms with Crippen LogP contribution in [-0.2, 0) is 9.53 Å². The minimum Gasteiger partial charge on any atom is -0.466 e. The standard InChI is InChI=1S/C13H16N2O2/c1-3-17-13(16)6-7-15-12-5-4-11(9-14)10(2)8-12/h4-5,8,15H,3,6-7H2,1-2H3. The highest BCUT2D eigenvalue weighted by Crippen LogP contribution is 2.14. The second-order valence-corrected chi connectivity index (χ2v) is 3.62. The van der Waals surface area contributed by atoms with E-state index in [0.717, 1.165) is 11.3 Å². The van der Waals surface area contributed by atoms with Crippen LogP contribution in [0.5, 0.6) is 0 Å². The van der Waals surface area contributed by atoms with Gasteiger partial charge in [-0.25, -0.2) is 0 Å². The Hall–Kier alpha value is -2.02. The molecule has 0 saturated carbocycles. The van der Waals surface area contributed by atoms with Crippen LogP contribution >= 0.6 is 0 Å². The van der Waals surface area contributed by atoms with Gasteiger partial charge in [-0.1, -0.05) is 0 Å². The lowest BCUT2D eigenvalue weighted by Crippen LogP contribution is -2.11. The van der Waals surface area contributed by atoms with Crippen LogP contribution < -0.4 is 5.32 Å². The molecule has 4 nitrogen and oxygen atoms in total. The minimum absolute atomic E-state index is 0.203. The molecular weight excluding hydrogens is 216 g/mol. The monoisotopic (exact) mass is 232 g/mol. The molecule has 0 amide bonds. The van der Waals surface area contributed by atoms with Gasteiger partial charge in [0, 0.05) is 12.2 Å². The van der Waals surface area contributed by atoms with E-state index in [1.807, 2.05) is 19.1 Å². The fourth-order valence-electron chi connectivity index (χ4n) is 1.44. The summed E-state index contributed by atoms with van der Waals surface area (Å²) in [4.78, 5) is 11.1. The number of benzene rings is 1. The third-order valence-electron chi connectivity index (χ3n) is 2.31. The van der Waals surface area contributed by atoms with Crippen LogP contribution in [0.1, 0.15) is 24.5 Å². The number of hydrogen-bond donors (Lipinski definition) is 1. The second kappa shape index (κ2) is 6.54. The maximum atomic E-state index is 11.1. The first-order valence-corrected chi connectivity index (χ1v) is 5.57. The summed E-state index contributed by atoms with van der Waals surface area (Å²) >= 11 is 0. The van der Waals surface area contributed by atoms with E-state index in [-0.39, 0.29) is 5.97 Å². The highest BCUT2D eigenvalue weighted by Gasteiger charge is 2.02. The Balaban J connectivity index is 2.45. The van der Waals surface area contributed by atoms with Crippen molar-refractivity contribution in [3.63, 3.8) is 0 Å². The quantitative estimate of drug-likeness (QED) is 0.791. The molecule has 0 aliphatic carbocycles. The van der Waals surface area contributed by atoms with E-state index in [1.165, 1.54) is 0 Å². The smallest absolute Gasteiger partial charge is 0.307 e. The Morgan fingerprint density at radius 1 is 1.53 bits per heavy atom. The molecule has 0 bridgehead atoms. The molecule has 1 N–H and O–H groups in total. The molecule has 0 aliphatic rings. The van der Waals surface area contributed by atoms with Gasteiger partial charge in [0.25, 0.3) is 0 Å². The maximum Gasteiger partial charge on any atom is 0.307 e. The summed E-state index contributed by atoms with van der Waals surface area (Å²) in [6, 6.07) is 7.60. The predicted octanol–water partition coefficient (Wildman–Crippen LogP) is 2.23. The van der Waals surface area contributed by atoms with E-state index < -0.39 is 0 Å². The van der Waals surface area contributed by atoms with Crippen molar-refractivity contribution in [1.82, 2.24) is 0 Å². The molecule has 17 heavy (non-hydrogen) atoms. The van der Waals surface area contributed by atoms with Crippen LogP contribution in [-0.4, -0.2) is 19.1 Å². The number of esters is 1. The van der Waals surface area contributed by atoms with Gasteiger partial charge in [0.1, 0.15) is 0 Å². The van der Waals surface area contributed by atoms with Crippen LogP contribution in [0.15, 0.2) is 18.2 Å². The summed E-state index contributed by atoms with van der Waals surface area (Å²) in [7, 11) is 0. The molecule has 0 aromatic heterocycles. The lowest BCUT2D eigenvalue weighted by Gasteiger charge is -2.07. The fourth-order valence-corrected chi connectivity index (χ4v) is 1.44. The molecular formula is C13H16N2O2. The molecule has 0 aliphatic heterocycles. The topological polar surface area (TPSA) is 62.1 Å². The van der Waals surface area contributed by atoms with Gasteiger partial charge >= 0.3 is 5.97 Å². The van der Waals surface area contributed by atoms with Gasteiger partial charge in [0.2, 0.25) is 0 Å². The molecule has 4 heteroatoms. The van der Waals surface area contributed by atoms with Crippen molar-refractivity contribution in [3.05, 3.63) is 29.3 Å². The van der Waals surface area contributed by atoms with E-state index >= 15 is 0 Å². The van der Waals surface area contributed by atoms with Gasteiger partial charge in [-0.3, -0.25) is 4.79 Å². The molecule has 0 heterocycles. The lowest BCUT2D eigenvalue weighted by molar-refractivity contribution is -0.142. The zero-order valence-corrected chi connectivity index (χ0v) is 10.1. The van der Waals surface area contributed by atoms with Gasteiger partial charge in [0.15, 0.2) is 0 Å². The average molecular weight is 232 g/mol. The molecule has 0 unspecified atom stereocenters. The molecule has 0 spiro atoms. The van der Waals surface area contributed by atoms with Gasteiger partial charge in [-0.05, 0) is 37.6 Å². The van der Waals surface area contributed by atoms with Crippen LogP contribution in [0, 0.1) is 18.3 Å². The number of nitriles is 1. The van der Waals surface area contributed by atoms with Gasteiger partial charge < -0.3 is 10.1 Å². The lowest BCUT2D eigenvalue weighted by atomic mass is 10.1. The van der Waals surface area contributed by atoms with Crippen molar-refractivity contribution in [3.8, 4) is 6.07 Å². The number of aryl methyl sites for hydroxylation is 1. The van der Waals surface area contributed by atoms with Crippen molar-refractivity contribution >= 4 is 11.7 Å². The number of carbonyl (C=O) groups excluding carboxylic acids is 1. The number of nitrogens with zero attached hydrogens (tertiary/aromatic N) is 1. The fraction of sp³-hybridized carbons (Fsp3) is 0.385. The molecule has 90 valence electrons. The second-order valence-electron chi connectivity index (χ2n) is 3.62. The SMILES string of the molecule is CCOC(=O)CCNc1ccc(C#N)c(C)c1. The summed E-state index contributed by atoms with van der Waals surface area (Å²) in [6.45, 7) is 4.61. The highest BCUT2D eigenvalue weighted by atomic mass is 16.5. The molecule has 0 saturated heterocycles. The summed E-state index contributed by atoms with van der Waals surface area (Å²) in [5.74, 6) is -0.203. The Labute approximate surface area is 101 Å². The summed E-state index contributed by atoms with van der Waals surface area (Å²) in [6.07, 6.45) is 0.340. The molecule has 1 aromatic rings. The van der Waals surface area contributed by atoms with Gasteiger partial charge in [0.05, 0.1) is 24.7 Å². The maximum absolute atomic E-state index is 11.1. The Morgan fingerprint density at radius 3 is 2.88 bits per heavy atom. The summed E-state index contributed by atoms with van der Waals surface area (Å²) < 4.78 is 4.82. The normalized spacial score (nSPS) is 9.47. The average Bonchev–Trinajstić information content (AvgIpc) is 2.29. The molecule has 1 rings (SSSR count). The van der Waals surface area contributed by atoms with Crippen molar-refractivity contribution in [2.45, 2.75) is 20.3 Å². The number of nitrogens with one attached hydrogen (secondary N) is 1. The van der Waals surface area contributed by atoms with E-state index in [9.17, 15) is 4.79 Å². The van der Waals surface area contributed by atoms with Crippen LogP contribution in [0.4, 0.5) is 5.69 Å². The largest absolute Gasteiger partial charge is 0.466 e. The van der Waals surface area contributed by atoms with Crippen LogP contribution in [0.25, 0.3) is 0 Å². The number of ether oxygens (including phenoxy) is 1. The predicted molar refractivity (Wildman–Crippen MR) is 65.6 cm³/mol. The van der Waals surface area contributed by atoms with Crippen molar-refractivity contribution in [2.75, 3.05) is 18.5 Å². The zero-order valence-electron chi connectivity index (χ0n) is 10.1. The van der Waals surface area contributed by atoms with E-state index in [4.69, 9.17) is 10.00 Å². The first-order chi connectivity index (χ1) is 8.17. The third kappa shape index (κ3) is 4.15. The number of anilines is 1. The number of carbonyl (C=O) groups is 1. The summed E-state index contributed by atoms with van der Waals surface area (Å²) in [5.41, 5.74) is 2.50. The van der Waals surface area contributed by atoms with Crippen LogP contribution in [0.3, 0.4) is 0 Å². The third-order valence-corrected chi connectivity index (χ3v) is 2.31. The Bertz CT molecular complexity index is 436. The minimum atomic E-state index is -0.203. The van der Waals surface area contributed by atoms with Gasteiger partial charge in [-0.2, -0.15) is 5.26 Å².